The Kier molecular flexibility index (Phi) is 4.41. The van der Waals surface area contributed by atoms with E-state index >= 15 is 0 Å². The molecule has 1 nitrogen and oxygen atoms in total. The Labute approximate surface area is 38.4 Å². The fraction of sp³-hybridized carbons (Fsp3) is 0.800. The van der Waals surface area contributed by atoms with E-state index in [0.29, 0.717) is 6.42 Å². The lowest BCUT2D eigenvalue weighted by Gasteiger charge is -1.90. The standard InChI is InChI=1S/C5H9O/c1-2-3-4-5-6/h2-4H2,1H3/q-1. The van der Waals surface area contributed by atoms with Gasteiger partial charge >= 0.3 is 0 Å². The summed E-state index contributed by atoms with van der Waals surface area (Å²) in [5, 5.41) is 0. The molecular formula is C5H9O-. The van der Waals surface area contributed by atoms with Gasteiger partial charge in [-0.2, -0.15) is 6.42 Å². The highest BCUT2D eigenvalue weighted by atomic mass is 16.1. The van der Waals surface area contributed by atoms with Crippen LogP contribution in [0.25, 0.3) is 0 Å². The Bertz CT molecular complexity index is 32.9. The minimum absolute atomic E-state index is 0.608. The molecule has 1 heteroatoms. The third-order valence-electron chi connectivity index (χ3n) is 0.632. The predicted molar refractivity (Wildman–Crippen MR) is 25.2 cm³/mol. The van der Waals surface area contributed by atoms with Gasteiger partial charge in [-0.25, -0.2) is 0 Å². The minimum atomic E-state index is 0.608. The maximum absolute atomic E-state index is 9.44. The summed E-state index contributed by atoms with van der Waals surface area (Å²) in [7, 11) is 0. The van der Waals surface area contributed by atoms with Gasteiger partial charge < -0.3 is 4.79 Å². The molecule has 0 saturated heterocycles. The first-order chi connectivity index (χ1) is 2.91. The van der Waals surface area contributed by atoms with Crippen molar-refractivity contribution in [2.45, 2.75) is 26.2 Å². The summed E-state index contributed by atoms with van der Waals surface area (Å²) in [6.45, 7) is 2.05. The molecule has 0 atom stereocenters. The van der Waals surface area contributed by atoms with Gasteiger partial charge in [0.2, 0.25) is 0 Å². The van der Waals surface area contributed by atoms with E-state index in [-0.39, 0.29) is 0 Å². The molecule has 36 valence electrons. The molecule has 0 fully saturated rings. The maximum Gasteiger partial charge on any atom is -0.0584 e. The summed E-state index contributed by atoms with van der Waals surface area (Å²) < 4.78 is 0. The quantitative estimate of drug-likeness (QED) is 0.372. The average molecular weight is 85.1 g/mol. The third kappa shape index (κ3) is 3.67. The van der Waals surface area contributed by atoms with Gasteiger partial charge in [0, 0.05) is 0 Å². The van der Waals surface area contributed by atoms with Crippen molar-refractivity contribution in [3.63, 3.8) is 0 Å². The first-order valence-electron chi connectivity index (χ1n) is 2.26. The number of hydrogen-bond acceptors (Lipinski definition) is 1. The van der Waals surface area contributed by atoms with E-state index in [9.17, 15) is 4.79 Å². The second kappa shape index (κ2) is 4.67. The summed E-state index contributed by atoms with van der Waals surface area (Å²) in [5.41, 5.74) is 0. The monoisotopic (exact) mass is 85.1 g/mol. The van der Waals surface area contributed by atoms with Gasteiger partial charge in [-0.05, 0) is 0 Å². The van der Waals surface area contributed by atoms with E-state index in [0.717, 1.165) is 12.8 Å². The van der Waals surface area contributed by atoms with Gasteiger partial charge in [-0.15, -0.1) is 0 Å². The van der Waals surface area contributed by atoms with Crippen LogP contribution >= 0.6 is 0 Å². The molecule has 0 radical (unpaired) electrons. The summed E-state index contributed by atoms with van der Waals surface area (Å²) in [6, 6.07) is 0. The van der Waals surface area contributed by atoms with Crippen LogP contribution in [0.15, 0.2) is 0 Å². The van der Waals surface area contributed by atoms with Gasteiger partial charge in [-0.1, -0.05) is 19.8 Å². The Morgan fingerprint density at radius 1 is 1.67 bits per heavy atom. The highest BCUT2D eigenvalue weighted by Crippen LogP contribution is 1.87. The molecular weight excluding hydrogens is 76.1 g/mol. The molecule has 0 aliphatic carbocycles. The van der Waals surface area contributed by atoms with Gasteiger partial charge in [0.1, 0.15) is 0 Å². The van der Waals surface area contributed by atoms with Crippen molar-refractivity contribution in [2.75, 3.05) is 0 Å². The van der Waals surface area contributed by atoms with Crippen molar-refractivity contribution < 1.29 is 4.79 Å². The highest BCUT2D eigenvalue weighted by molar-refractivity contribution is 5.49. The number of unbranched alkanes of at least 4 members (excludes halogenated alkanes) is 2. The molecule has 0 N–H and O–H groups in total. The summed E-state index contributed by atoms with van der Waals surface area (Å²) >= 11 is 0. The van der Waals surface area contributed by atoms with Crippen molar-refractivity contribution >= 4 is 6.29 Å². The smallest absolute Gasteiger partial charge is 0.0584 e. The van der Waals surface area contributed by atoms with Crippen LogP contribution in [-0.2, 0) is 4.79 Å². The number of rotatable bonds is 3. The lowest BCUT2D eigenvalue weighted by Crippen LogP contribution is -1.70. The topological polar surface area (TPSA) is 17.1 Å². The first-order valence-corrected chi connectivity index (χ1v) is 2.26. The van der Waals surface area contributed by atoms with E-state index in [1.54, 1.807) is 0 Å². The summed E-state index contributed by atoms with van der Waals surface area (Å²) in [5.74, 6) is 0. The Balaban J connectivity index is 2.49. The van der Waals surface area contributed by atoms with Crippen LogP contribution in [0.5, 0.6) is 0 Å². The molecule has 6 heavy (non-hydrogen) atoms. The fourth-order valence-electron chi connectivity index (χ4n) is 0.249. The lowest BCUT2D eigenvalue weighted by atomic mass is 10.3. The van der Waals surface area contributed by atoms with Gasteiger partial charge in [0.25, 0.3) is 0 Å². The average Bonchev–Trinajstić information content (AvgIpc) is 1.61. The molecule has 0 aromatic heterocycles. The largest absolute Gasteiger partial charge is 0.542 e. The van der Waals surface area contributed by atoms with Crippen molar-refractivity contribution in [2.24, 2.45) is 0 Å². The van der Waals surface area contributed by atoms with E-state index in [1.165, 1.54) is 0 Å². The molecule has 0 bridgehead atoms. The number of carbonyl (C=O) groups excluding carboxylic acids is 1. The molecule has 0 amide bonds. The van der Waals surface area contributed by atoms with Crippen molar-refractivity contribution in [1.82, 2.24) is 0 Å². The zero-order chi connectivity index (χ0) is 4.83. The molecule has 0 spiro atoms. The van der Waals surface area contributed by atoms with Gasteiger partial charge in [0.15, 0.2) is 0 Å². The Morgan fingerprint density at radius 2 is 2.33 bits per heavy atom. The zero-order valence-corrected chi connectivity index (χ0v) is 4.03. The highest BCUT2D eigenvalue weighted by Gasteiger charge is 1.65. The van der Waals surface area contributed by atoms with Crippen molar-refractivity contribution in [3.8, 4) is 0 Å². The van der Waals surface area contributed by atoms with Crippen LogP contribution in [-0.4, -0.2) is 6.29 Å². The molecule has 0 rings (SSSR count). The van der Waals surface area contributed by atoms with Crippen LogP contribution < -0.4 is 0 Å². The van der Waals surface area contributed by atoms with Crippen molar-refractivity contribution in [3.05, 3.63) is 0 Å². The summed E-state index contributed by atoms with van der Waals surface area (Å²) in [6.07, 6.45) is 4.51. The van der Waals surface area contributed by atoms with Gasteiger partial charge in [-0.3, -0.25) is 6.29 Å². The third-order valence-corrected chi connectivity index (χ3v) is 0.632. The molecule has 0 aromatic carbocycles. The van der Waals surface area contributed by atoms with Crippen LogP contribution in [0.4, 0.5) is 0 Å². The summed E-state index contributed by atoms with van der Waals surface area (Å²) in [4.78, 5) is 9.44. The van der Waals surface area contributed by atoms with E-state index in [2.05, 4.69) is 6.92 Å². The van der Waals surface area contributed by atoms with Crippen LogP contribution in [0.3, 0.4) is 0 Å². The molecule has 0 heterocycles. The minimum Gasteiger partial charge on any atom is -0.542 e. The van der Waals surface area contributed by atoms with E-state index in [4.69, 9.17) is 0 Å². The van der Waals surface area contributed by atoms with Gasteiger partial charge in [0.05, 0.1) is 0 Å². The second-order valence-corrected chi connectivity index (χ2v) is 1.25. The van der Waals surface area contributed by atoms with E-state index in [1.807, 2.05) is 6.29 Å². The SMILES string of the molecule is CCCC[C-]=O. The van der Waals surface area contributed by atoms with Crippen LogP contribution in [0, 0.1) is 0 Å². The zero-order valence-electron chi connectivity index (χ0n) is 4.03. The molecule has 0 unspecified atom stereocenters. The first kappa shape index (κ1) is 5.67. The van der Waals surface area contributed by atoms with Crippen LogP contribution in [0.2, 0.25) is 0 Å². The molecule has 0 aromatic rings. The molecule has 0 aliphatic heterocycles. The molecule has 0 saturated carbocycles. The molecule has 0 aliphatic rings. The Morgan fingerprint density at radius 3 is 2.50 bits per heavy atom. The van der Waals surface area contributed by atoms with Crippen LogP contribution in [0.1, 0.15) is 26.2 Å². The normalized spacial score (nSPS) is 8.17. The predicted octanol–water partition coefficient (Wildman–Crippen LogP) is 1.29. The fourth-order valence-corrected chi connectivity index (χ4v) is 0.249. The second-order valence-electron chi connectivity index (χ2n) is 1.25. The van der Waals surface area contributed by atoms with E-state index < -0.39 is 0 Å². The maximum atomic E-state index is 9.44. The van der Waals surface area contributed by atoms with Crippen molar-refractivity contribution in [1.29, 1.82) is 0 Å². The lowest BCUT2D eigenvalue weighted by molar-refractivity contribution is 0.548. The number of hydrogen-bond donors (Lipinski definition) is 0. The Hall–Kier alpha value is -0.330.